The number of thioether (sulfide) groups is 1. The van der Waals surface area contributed by atoms with Crippen molar-refractivity contribution in [1.82, 2.24) is 19.7 Å². The molecule has 3 heterocycles. The van der Waals surface area contributed by atoms with E-state index < -0.39 is 0 Å². The fraction of sp³-hybridized carbons (Fsp3) is 0.526. The predicted molar refractivity (Wildman–Crippen MR) is 101 cm³/mol. The molecule has 0 bridgehead atoms. The number of benzene rings is 1. The Hall–Kier alpha value is -1.86. The van der Waals surface area contributed by atoms with Gasteiger partial charge in [0.05, 0.1) is 13.2 Å². The lowest BCUT2D eigenvalue weighted by atomic mass is 9.98. The molecule has 0 aliphatic carbocycles. The minimum absolute atomic E-state index is 0.0106. The number of likely N-dealkylation sites (tertiary alicyclic amines) is 1. The van der Waals surface area contributed by atoms with Crippen molar-refractivity contribution in [3.05, 3.63) is 35.7 Å². The second-order valence-corrected chi connectivity index (χ2v) is 7.88. The fourth-order valence-electron chi connectivity index (χ4n) is 3.79. The zero-order valence-corrected chi connectivity index (χ0v) is 16.0. The van der Waals surface area contributed by atoms with Gasteiger partial charge in [0.2, 0.25) is 0 Å². The van der Waals surface area contributed by atoms with Crippen LogP contribution in [0.25, 0.3) is 0 Å². The van der Waals surface area contributed by atoms with Crippen LogP contribution in [0.15, 0.2) is 29.4 Å². The summed E-state index contributed by atoms with van der Waals surface area (Å²) < 4.78 is 6.92. The van der Waals surface area contributed by atoms with Gasteiger partial charge < -0.3 is 4.74 Å². The molecule has 2 unspecified atom stereocenters. The van der Waals surface area contributed by atoms with E-state index in [0.29, 0.717) is 0 Å². The minimum Gasteiger partial charge on any atom is -0.497 e. The van der Waals surface area contributed by atoms with Crippen LogP contribution in [0.4, 0.5) is 0 Å². The summed E-state index contributed by atoms with van der Waals surface area (Å²) in [5.41, 5.74) is 1.12. The Bertz CT molecular complexity index is 801. The molecule has 2 atom stereocenters. The normalized spacial score (nSPS) is 21.6. The van der Waals surface area contributed by atoms with Crippen molar-refractivity contribution in [2.75, 3.05) is 20.2 Å². The smallest absolute Gasteiger partial charge is 0.264 e. The van der Waals surface area contributed by atoms with E-state index in [1.165, 1.54) is 23.9 Å². The van der Waals surface area contributed by atoms with Crippen molar-refractivity contribution in [3.8, 4) is 5.75 Å². The number of piperidine rings is 1. The van der Waals surface area contributed by atoms with Crippen LogP contribution in [0.1, 0.15) is 48.4 Å². The standard InChI is InChI=1S/C19H24N4O2S/c1-3-15-20-19-23(21-15)18(24)17(26-19)16(22-10-5-4-6-11-22)13-8-7-9-14(12-13)25-2/h7-9,12,16-17H,3-6,10-11H2,1-2H3. The van der Waals surface area contributed by atoms with Gasteiger partial charge in [0.1, 0.15) is 11.0 Å². The molecule has 1 aromatic carbocycles. The van der Waals surface area contributed by atoms with Crippen molar-refractivity contribution < 1.29 is 9.53 Å². The van der Waals surface area contributed by atoms with Crippen molar-refractivity contribution in [1.29, 1.82) is 0 Å². The predicted octanol–water partition coefficient (Wildman–Crippen LogP) is 3.19. The molecule has 6 nitrogen and oxygen atoms in total. The van der Waals surface area contributed by atoms with E-state index in [2.05, 4.69) is 27.1 Å². The average molecular weight is 372 g/mol. The van der Waals surface area contributed by atoms with Gasteiger partial charge in [0.25, 0.3) is 5.91 Å². The molecule has 1 aromatic heterocycles. The number of hydrogen-bond acceptors (Lipinski definition) is 6. The summed E-state index contributed by atoms with van der Waals surface area (Å²) >= 11 is 1.55. The van der Waals surface area contributed by atoms with E-state index in [1.54, 1.807) is 18.9 Å². The van der Waals surface area contributed by atoms with Crippen molar-refractivity contribution in [2.24, 2.45) is 0 Å². The average Bonchev–Trinajstić information content (AvgIpc) is 3.23. The van der Waals surface area contributed by atoms with Crippen LogP contribution in [0.5, 0.6) is 5.75 Å². The van der Waals surface area contributed by atoms with Gasteiger partial charge in [-0.3, -0.25) is 9.69 Å². The Morgan fingerprint density at radius 3 is 2.81 bits per heavy atom. The molecule has 26 heavy (non-hydrogen) atoms. The number of aromatic nitrogens is 3. The monoisotopic (exact) mass is 372 g/mol. The van der Waals surface area contributed by atoms with Crippen LogP contribution in [0.3, 0.4) is 0 Å². The highest BCUT2D eigenvalue weighted by Crippen LogP contribution is 2.42. The Morgan fingerprint density at radius 2 is 2.12 bits per heavy atom. The summed E-state index contributed by atoms with van der Waals surface area (Å²) in [6.07, 6.45) is 4.35. The number of carbonyl (C=O) groups is 1. The van der Waals surface area contributed by atoms with Crippen LogP contribution < -0.4 is 4.74 Å². The lowest BCUT2D eigenvalue weighted by molar-refractivity contribution is 0.0818. The highest BCUT2D eigenvalue weighted by molar-refractivity contribution is 8.00. The van der Waals surface area contributed by atoms with Gasteiger partial charge in [-0.2, -0.15) is 4.68 Å². The van der Waals surface area contributed by atoms with Gasteiger partial charge in [-0.1, -0.05) is 37.2 Å². The first-order valence-corrected chi connectivity index (χ1v) is 10.1. The number of nitrogens with zero attached hydrogens (tertiary/aromatic N) is 4. The zero-order valence-electron chi connectivity index (χ0n) is 15.2. The lowest BCUT2D eigenvalue weighted by Gasteiger charge is -2.37. The number of ether oxygens (including phenoxy) is 1. The molecule has 0 N–H and O–H groups in total. The number of fused-ring (bicyclic) bond motifs is 1. The summed E-state index contributed by atoms with van der Waals surface area (Å²) in [4.78, 5) is 20.1. The molecule has 4 rings (SSSR count). The molecule has 138 valence electrons. The highest BCUT2D eigenvalue weighted by Gasteiger charge is 2.43. The summed E-state index contributed by atoms with van der Waals surface area (Å²) in [7, 11) is 1.68. The minimum atomic E-state index is -0.221. The molecule has 1 saturated heterocycles. The third-order valence-corrected chi connectivity index (χ3v) is 6.32. The molecule has 0 radical (unpaired) electrons. The maximum atomic E-state index is 13.1. The van der Waals surface area contributed by atoms with Crippen LogP contribution in [-0.4, -0.2) is 51.0 Å². The number of rotatable bonds is 5. The maximum Gasteiger partial charge on any atom is 0.264 e. The third kappa shape index (κ3) is 3.14. The molecule has 2 aromatic rings. The summed E-state index contributed by atoms with van der Waals surface area (Å²) in [5, 5.41) is 4.89. The lowest BCUT2D eigenvalue weighted by Crippen LogP contribution is -2.41. The molecule has 0 spiro atoms. The third-order valence-electron chi connectivity index (χ3n) is 5.13. The van der Waals surface area contributed by atoms with E-state index in [-0.39, 0.29) is 17.2 Å². The number of aryl methyl sites for hydroxylation is 1. The molecule has 0 saturated carbocycles. The van der Waals surface area contributed by atoms with Crippen LogP contribution in [0.2, 0.25) is 0 Å². The van der Waals surface area contributed by atoms with Gasteiger partial charge in [0.15, 0.2) is 11.0 Å². The number of hydrogen-bond donors (Lipinski definition) is 0. The van der Waals surface area contributed by atoms with Crippen LogP contribution in [-0.2, 0) is 6.42 Å². The summed E-state index contributed by atoms with van der Waals surface area (Å²) in [6.45, 7) is 4.04. The van der Waals surface area contributed by atoms with Crippen molar-refractivity contribution >= 4 is 17.7 Å². The zero-order chi connectivity index (χ0) is 18.1. The van der Waals surface area contributed by atoms with Crippen LogP contribution in [0, 0.1) is 0 Å². The van der Waals surface area contributed by atoms with Gasteiger partial charge in [-0.05, 0) is 43.6 Å². The molecule has 1 fully saturated rings. The van der Waals surface area contributed by atoms with Gasteiger partial charge in [-0.25, -0.2) is 4.98 Å². The first-order chi connectivity index (χ1) is 12.7. The Morgan fingerprint density at radius 1 is 1.31 bits per heavy atom. The summed E-state index contributed by atoms with van der Waals surface area (Å²) in [6, 6.07) is 8.11. The van der Waals surface area contributed by atoms with Crippen LogP contribution >= 0.6 is 11.8 Å². The maximum absolute atomic E-state index is 13.1. The van der Waals surface area contributed by atoms with E-state index in [1.807, 2.05) is 19.1 Å². The van der Waals surface area contributed by atoms with Gasteiger partial charge in [0, 0.05) is 6.42 Å². The highest BCUT2D eigenvalue weighted by atomic mass is 32.2. The Balaban J connectivity index is 1.69. The van der Waals surface area contributed by atoms with E-state index in [0.717, 1.165) is 41.8 Å². The van der Waals surface area contributed by atoms with E-state index in [4.69, 9.17) is 4.74 Å². The molecule has 7 heteroatoms. The van der Waals surface area contributed by atoms with E-state index >= 15 is 0 Å². The quantitative estimate of drug-likeness (QED) is 0.803. The Labute approximate surface area is 157 Å². The molecular weight excluding hydrogens is 348 g/mol. The summed E-state index contributed by atoms with van der Waals surface area (Å²) in [5.74, 6) is 1.59. The van der Waals surface area contributed by atoms with Gasteiger partial charge in [-0.15, -0.1) is 5.10 Å². The second kappa shape index (κ2) is 7.40. The number of methoxy groups -OCH3 is 1. The van der Waals surface area contributed by atoms with Crippen molar-refractivity contribution in [3.63, 3.8) is 0 Å². The molecular formula is C19H24N4O2S. The second-order valence-electron chi connectivity index (χ2n) is 6.77. The largest absolute Gasteiger partial charge is 0.497 e. The van der Waals surface area contributed by atoms with Gasteiger partial charge >= 0.3 is 0 Å². The van der Waals surface area contributed by atoms with Crippen molar-refractivity contribution in [2.45, 2.75) is 49.1 Å². The first-order valence-electron chi connectivity index (χ1n) is 9.26. The first kappa shape index (κ1) is 17.5. The molecule has 0 amide bonds. The molecule has 2 aliphatic rings. The topological polar surface area (TPSA) is 60.3 Å². The van der Waals surface area contributed by atoms with E-state index in [9.17, 15) is 4.79 Å². The fourth-order valence-corrected chi connectivity index (χ4v) is 5.07. The molecule has 2 aliphatic heterocycles. The number of carbonyl (C=O) groups excluding carboxylic acids is 1. The Kier molecular flexibility index (Phi) is 5.00. The SMILES string of the molecule is CCc1nc2n(n1)C(=O)C(C(c1cccc(OC)c1)N1CCCCC1)S2.